The summed E-state index contributed by atoms with van der Waals surface area (Å²) in [5.41, 5.74) is 2.73. The molecule has 1 aliphatic heterocycles. The maximum Gasteiger partial charge on any atom is 0.137 e. The van der Waals surface area contributed by atoms with E-state index in [0.29, 0.717) is 19.8 Å². The highest BCUT2D eigenvalue weighted by molar-refractivity contribution is 7.99. The lowest BCUT2D eigenvalue weighted by atomic mass is 9.99. The van der Waals surface area contributed by atoms with Gasteiger partial charge in [0.15, 0.2) is 0 Å². The molecule has 0 radical (unpaired) electrons. The Morgan fingerprint density at radius 3 is 1.59 bits per heavy atom. The number of hydrogen-bond donors (Lipinski definition) is 1. The summed E-state index contributed by atoms with van der Waals surface area (Å²) in [6, 6.07) is 40.1. The number of aliphatic hydroxyl groups excluding tert-OH is 1. The highest BCUT2D eigenvalue weighted by Gasteiger charge is 2.47. The van der Waals surface area contributed by atoms with E-state index in [2.05, 4.69) is 0 Å². The average Bonchev–Trinajstić information content (AvgIpc) is 2.99. The summed E-state index contributed by atoms with van der Waals surface area (Å²) in [4.78, 5) is 1.05. The Labute approximate surface area is 234 Å². The van der Waals surface area contributed by atoms with Crippen molar-refractivity contribution in [1.82, 2.24) is 0 Å². The topological polar surface area (TPSA) is 57.2 Å². The fourth-order valence-corrected chi connectivity index (χ4v) is 5.67. The molecular weight excluding hydrogens is 508 g/mol. The zero-order valence-electron chi connectivity index (χ0n) is 21.8. The minimum absolute atomic E-state index is 0.235. The Kier molecular flexibility index (Phi) is 10.2. The van der Waals surface area contributed by atoms with E-state index >= 15 is 0 Å². The van der Waals surface area contributed by atoms with E-state index < -0.39 is 29.9 Å². The van der Waals surface area contributed by atoms with Crippen molar-refractivity contribution < 1.29 is 24.1 Å². The van der Waals surface area contributed by atoms with E-state index in [1.807, 2.05) is 121 Å². The molecule has 1 N–H and O–H groups in total. The minimum Gasteiger partial charge on any atom is -0.387 e. The van der Waals surface area contributed by atoms with Crippen molar-refractivity contribution in [3.05, 3.63) is 138 Å². The van der Waals surface area contributed by atoms with Crippen LogP contribution in [0.25, 0.3) is 0 Å². The predicted octanol–water partition coefficient (Wildman–Crippen LogP) is 6.25. The van der Waals surface area contributed by atoms with Crippen LogP contribution in [0, 0.1) is 0 Å². The molecule has 5 rings (SSSR count). The predicted molar refractivity (Wildman–Crippen MR) is 153 cm³/mol. The van der Waals surface area contributed by atoms with E-state index in [0.717, 1.165) is 21.6 Å². The Hall–Kier alpha value is -2.97. The molecule has 5 atom stereocenters. The summed E-state index contributed by atoms with van der Waals surface area (Å²) >= 11 is 1.57. The first kappa shape index (κ1) is 27.6. The molecule has 1 fully saturated rings. The standard InChI is InChI=1S/C33H34O5S/c34-30-29(24-35-21-25-13-5-1-6-14-25)38-33(39-28-19-11-4-12-20-28)32(37-23-27-17-9-3-10-18-27)31(30)36-22-26-15-7-2-8-16-26/h1-20,29-34H,21-24H2/t29?,30-,31+,32?,33-/m1/s1. The van der Waals surface area contributed by atoms with Crippen LogP contribution in [-0.4, -0.2) is 41.6 Å². The molecule has 0 bridgehead atoms. The maximum absolute atomic E-state index is 11.5. The molecule has 6 heteroatoms. The molecular formula is C33H34O5S. The van der Waals surface area contributed by atoms with Gasteiger partial charge in [-0.2, -0.15) is 0 Å². The Morgan fingerprint density at radius 2 is 1.05 bits per heavy atom. The fourth-order valence-electron chi connectivity index (χ4n) is 4.52. The van der Waals surface area contributed by atoms with Gasteiger partial charge in [-0.1, -0.05) is 121 Å². The second kappa shape index (κ2) is 14.4. The van der Waals surface area contributed by atoms with Crippen LogP contribution in [0.1, 0.15) is 16.7 Å². The van der Waals surface area contributed by atoms with Crippen LogP contribution in [0.3, 0.4) is 0 Å². The molecule has 4 aromatic rings. The fraction of sp³-hybridized carbons (Fsp3) is 0.273. The lowest BCUT2D eigenvalue weighted by molar-refractivity contribution is -0.240. The van der Waals surface area contributed by atoms with E-state index in [1.54, 1.807) is 11.8 Å². The molecule has 0 spiro atoms. The summed E-state index contributed by atoms with van der Waals surface area (Å²) in [5, 5.41) is 11.5. The SMILES string of the molecule is O[C@@H]1C(COCc2ccccc2)O[C@H](Sc2ccccc2)C(OCc2ccccc2)[C@H]1OCc1ccccc1. The Morgan fingerprint density at radius 1 is 0.590 bits per heavy atom. The van der Waals surface area contributed by atoms with E-state index in [-0.39, 0.29) is 6.61 Å². The zero-order chi connectivity index (χ0) is 26.7. The first-order chi connectivity index (χ1) is 19.3. The monoisotopic (exact) mass is 542 g/mol. The molecule has 1 saturated heterocycles. The number of ether oxygens (including phenoxy) is 4. The van der Waals surface area contributed by atoms with Crippen LogP contribution in [-0.2, 0) is 38.8 Å². The van der Waals surface area contributed by atoms with Gasteiger partial charge < -0.3 is 24.1 Å². The van der Waals surface area contributed by atoms with Crippen molar-refractivity contribution in [2.24, 2.45) is 0 Å². The van der Waals surface area contributed by atoms with Crippen molar-refractivity contribution in [2.45, 2.75) is 54.6 Å². The quantitative estimate of drug-likeness (QED) is 0.228. The van der Waals surface area contributed by atoms with Gasteiger partial charge in [0.1, 0.15) is 29.9 Å². The lowest BCUT2D eigenvalue weighted by Crippen LogP contribution is -2.59. The van der Waals surface area contributed by atoms with Crippen LogP contribution in [0.15, 0.2) is 126 Å². The smallest absolute Gasteiger partial charge is 0.137 e. The van der Waals surface area contributed by atoms with Gasteiger partial charge in [-0.15, -0.1) is 0 Å². The highest BCUT2D eigenvalue weighted by Crippen LogP contribution is 2.37. The third-order valence-electron chi connectivity index (χ3n) is 6.58. The van der Waals surface area contributed by atoms with Gasteiger partial charge in [0.25, 0.3) is 0 Å². The molecule has 0 saturated carbocycles. The van der Waals surface area contributed by atoms with Crippen LogP contribution < -0.4 is 0 Å². The first-order valence-electron chi connectivity index (χ1n) is 13.2. The van der Waals surface area contributed by atoms with Gasteiger partial charge in [0.05, 0.1) is 26.4 Å². The summed E-state index contributed by atoms with van der Waals surface area (Å²) in [6.45, 7) is 1.41. The third-order valence-corrected chi connectivity index (χ3v) is 7.73. The van der Waals surface area contributed by atoms with Gasteiger partial charge in [0.2, 0.25) is 0 Å². The molecule has 5 nitrogen and oxygen atoms in total. The van der Waals surface area contributed by atoms with E-state index in [9.17, 15) is 5.11 Å². The number of hydrogen-bond acceptors (Lipinski definition) is 6. The number of thioether (sulfide) groups is 1. The third kappa shape index (κ3) is 8.02. The second-order valence-corrected chi connectivity index (χ2v) is 10.7. The van der Waals surface area contributed by atoms with Crippen molar-refractivity contribution in [3.8, 4) is 0 Å². The molecule has 1 heterocycles. The van der Waals surface area contributed by atoms with Crippen LogP contribution in [0.2, 0.25) is 0 Å². The highest BCUT2D eigenvalue weighted by atomic mass is 32.2. The summed E-state index contributed by atoms with van der Waals surface area (Å²) in [6.07, 6.45) is -2.64. The van der Waals surface area contributed by atoms with Gasteiger partial charge in [-0.05, 0) is 28.8 Å². The molecule has 2 unspecified atom stereocenters. The van der Waals surface area contributed by atoms with Crippen LogP contribution in [0.4, 0.5) is 0 Å². The molecule has 39 heavy (non-hydrogen) atoms. The molecule has 202 valence electrons. The van der Waals surface area contributed by atoms with Gasteiger partial charge >= 0.3 is 0 Å². The van der Waals surface area contributed by atoms with Crippen molar-refractivity contribution in [3.63, 3.8) is 0 Å². The first-order valence-corrected chi connectivity index (χ1v) is 14.1. The second-order valence-electron chi connectivity index (χ2n) is 9.49. The lowest BCUT2D eigenvalue weighted by Gasteiger charge is -2.44. The van der Waals surface area contributed by atoms with E-state index in [1.165, 1.54) is 0 Å². The normalized spacial score (nSPS) is 22.9. The molecule has 0 aromatic heterocycles. The minimum atomic E-state index is -0.933. The number of aliphatic hydroxyl groups is 1. The van der Waals surface area contributed by atoms with Crippen LogP contribution in [0.5, 0.6) is 0 Å². The Bertz CT molecular complexity index is 1230. The summed E-state index contributed by atoms with van der Waals surface area (Å²) in [7, 11) is 0. The number of rotatable bonds is 12. The summed E-state index contributed by atoms with van der Waals surface area (Å²) in [5.74, 6) is 0. The molecule has 4 aromatic carbocycles. The zero-order valence-corrected chi connectivity index (χ0v) is 22.6. The van der Waals surface area contributed by atoms with Crippen molar-refractivity contribution in [1.29, 1.82) is 0 Å². The number of benzene rings is 4. The van der Waals surface area contributed by atoms with Crippen molar-refractivity contribution >= 4 is 11.8 Å². The average molecular weight is 543 g/mol. The van der Waals surface area contributed by atoms with Gasteiger partial charge in [-0.3, -0.25) is 0 Å². The molecule has 1 aliphatic rings. The van der Waals surface area contributed by atoms with Gasteiger partial charge in [-0.25, -0.2) is 0 Å². The Balaban J connectivity index is 1.36. The maximum atomic E-state index is 11.5. The molecule has 0 aliphatic carbocycles. The molecule has 0 amide bonds. The van der Waals surface area contributed by atoms with E-state index in [4.69, 9.17) is 18.9 Å². The largest absolute Gasteiger partial charge is 0.387 e. The van der Waals surface area contributed by atoms with Crippen molar-refractivity contribution in [2.75, 3.05) is 6.61 Å². The van der Waals surface area contributed by atoms with Gasteiger partial charge in [0, 0.05) is 4.90 Å². The summed E-state index contributed by atoms with van der Waals surface area (Å²) < 4.78 is 25.4. The van der Waals surface area contributed by atoms with Crippen LogP contribution >= 0.6 is 11.8 Å².